The van der Waals surface area contributed by atoms with Gasteiger partial charge in [-0.25, -0.2) is 18.5 Å². The number of primary sulfonamides is 1. The first kappa shape index (κ1) is 11.2. The van der Waals surface area contributed by atoms with Crippen LogP contribution < -0.4 is 10.0 Å². The molecule has 1 aliphatic rings. The van der Waals surface area contributed by atoms with E-state index in [0.29, 0.717) is 32.1 Å². The van der Waals surface area contributed by atoms with Crippen LogP contribution in [0.15, 0.2) is 17.4 Å². The molecule has 1 fully saturated rings. The molecule has 1 aromatic rings. The van der Waals surface area contributed by atoms with Gasteiger partial charge < -0.3 is 9.64 Å². The van der Waals surface area contributed by atoms with Crippen molar-refractivity contribution in [1.82, 2.24) is 9.97 Å². The number of hydrogen-bond acceptors (Lipinski definition) is 6. The van der Waals surface area contributed by atoms with E-state index in [4.69, 9.17) is 9.88 Å². The Morgan fingerprint density at radius 1 is 1.31 bits per heavy atom. The zero-order valence-electron chi connectivity index (χ0n) is 8.54. The van der Waals surface area contributed by atoms with Gasteiger partial charge in [0.2, 0.25) is 0 Å². The van der Waals surface area contributed by atoms with Crippen LogP contribution in [0, 0.1) is 0 Å². The van der Waals surface area contributed by atoms with Crippen LogP contribution in [0.25, 0.3) is 0 Å². The molecule has 0 aliphatic carbocycles. The summed E-state index contributed by atoms with van der Waals surface area (Å²) in [5.74, 6) is 0.509. The van der Waals surface area contributed by atoms with Crippen LogP contribution in [0.4, 0.5) is 5.82 Å². The van der Waals surface area contributed by atoms with Gasteiger partial charge in [0.1, 0.15) is 5.82 Å². The third-order valence-electron chi connectivity index (χ3n) is 2.23. The molecule has 7 nitrogen and oxygen atoms in total. The molecule has 0 radical (unpaired) electrons. The highest BCUT2D eigenvalue weighted by Gasteiger charge is 2.16. The topological polar surface area (TPSA) is 98.4 Å². The molecule has 1 aromatic heterocycles. The first-order valence-corrected chi connectivity index (χ1v) is 6.29. The van der Waals surface area contributed by atoms with E-state index in [1.807, 2.05) is 4.90 Å². The third-order valence-corrected chi connectivity index (χ3v) is 3.01. The number of morpholine rings is 1. The fourth-order valence-corrected chi connectivity index (χ4v) is 1.85. The first-order valence-electron chi connectivity index (χ1n) is 4.75. The van der Waals surface area contributed by atoms with Gasteiger partial charge in [-0.1, -0.05) is 0 Å². The summed E-state index contributed by atoms with van der Waals surface area (Å²) in [6.07, 6.45) is 2.65. The molecule has 0 amide bonds. The maximum atomic E-state index is 11.1. The lowest BCUT2D eigenvalue weighted by Crippen LogP contribution is -2.37. The molecule has 0 saturated carbocycles. The predicted molar refractivity (Wildman–Crippen MR) is 56.4 cm³/mol. The van der Waals surface area contributed by atoms with Crippen LogP contribution in [-0.2, 0) is 14.8 Å². The number of anilines is 1. The van der Waals surface area contributed by atoms with Crippen molar-refractivity contribution in [2.75, 3.05) is 31.2 Å². The van der Waals surface area contributed by atoms with Crippen LogP contribution in [0.1, 0.15) is 0 Å². The van der Waals surface area contributed by atoms with E-state index >= 15 is 0 Å². The molecular weight excluding hydrogens is 232 g/mol. The lowest BCUT2D eigenvalue weighted by Gasteiger charge is -2.27. The number of nitrogens with two attached hydrogens (primary N) is 1. The summed E-state index contributed by atoms with van der Waals surface area (Å²) in [4.78, 5) is 9.69. The number of rotatable bonds is 2. The van der Waals surface area contributed by atoms with E-state index in [1.54, 1.807) is 0 Å². The second-order valence-electron chi connectivity index (χ2n) is 3.36. The Morgan fingerprint density at radius 3 is 2.62 bits per heavy atom. The fraction of sp³-hybridized carbons (Fsp3) is 0.500. The number of ether oxygens (including phenoxy) is 1. The zero-order chi connectivity index (χ0) is 11.6. The van der Waals surface area contributed by atoms with Crippen molar-refractivity contribution in [3.05, 3.63) is 12.4 Å². The number of hydrogen-bond donors (Lipinski definition) is 1. The minimum absolute atomic E-state index is 0.212. The normalized spacial score (nSPS) is 17.4. The van der Waals surface area contributed by atoms with E-state index in [9.17, 15) is 8.42 Å². The van der Waals surface area contributed by atoms with E-state index in [0.717, 1.165) is 6.20 Å². The largest absolute Gasteiger partial charge is 0.378 e. The van der Waals surface area contributed by atoms with Crippen LogP contribution in [0.3, 0.4) is 0 Å². The molecule has 0 spiro atoms. The van der Waals surface area contributed by atoms with Gasteiger partial charge in [0.15, 0.2) is 5.03 Å². The number of nitrogens with zero attached hydrogens (tertiary/aromatic N) is 3. The second kappa shape index (κ2) is 4.32. The average Bonchev–Trinajstić information content (AvgIpc) is 2.29. The monoisotopic (exact) mass is 244 g/mol. The fourth-order valence-electron chi connectivity index (χ4n) is 1.42. The van der Waals surface area contributed by atoms with Crippen LogP contribution in [0.5, 0.6) is 0 Å². The lowest BCUT2D eigenvalue weighted by atomic mass is 10.4. The van der Waals surface area contributed by atoms with Gasteiger partial charge in [-0.05, 0) is 0 Å². The minimum Gasteiger partial charge on any atom is -0.378 e. The zero-order valence-corrected chi connectivity index (χ0v) is 9.35. The van der Waals surface area contributed by atoms with E-state index in [-0.39, 0.29) is 5.03 Å². The Labute approximate surface area is 93.3 Å². The van der Waals surface area contributed by atoms with Gasteiger partial charge >= 0.3 is 0 Å². The third kappa shape index (κ3) is 2.46. The number of sulfonamides is 1. The minimum atomic E-state index is -3.80. The standard InChI is InChI=1S/C8H12N4O3S/c9-16(13,14)8-6-10-5-7(11-8)12-1-3-15-4-2-12/h5-6H,1-4H2,(H2,9,13,14). The highest BCUT2D eigenvalue weighted by atomic mass is 32.2. The Hall–Kier alpha value is -1.25. The SMILES string of the molecule is NS(=O)(=O)c1cncc(N2CCOCC2)n1. The Balaban J connectivity index is 2.28. The Bertz CT molecular complexity index is 470. The van der Waals surface area contributed by atoms with E-state index < -0.39 is 10.0 Å². The highest BCUT2D eigenvalue weighted by Crippen LogP contribution is 2.13. The van der Waals surface area contributed by atoms with Crippen molar-refractivity contribution in [2.45, 2.75) is 5.03 Å². The van der Waals surface area contributed by atoms with Crippen molar-refractivity contribution in [3.63, 3.8) is 0 Å². The second-order valence-corrected chi connectivity index (χ2v) is 4.87. The van der Waals surface area contributed by atoms with Gasteiger partial charge in [0.25, 0.3) is 10.0 Å². The molecule has 88 valence electrons. The van der Waals surface area contributed by atoms with Gasteiger partial charge in [-0.2, -0.15) is 0 Å². The van der Waals surface area contributed by atoms with Crippen LogP contribution in [-0.4, -0.2) is 44.7 Å². The molecule has 2 N–H and O–H groups in total. The highest BCUT2D eigenvalue weighted by molar-refractivity contribution is 7.89. The maximum Gasteiger partial charge on any atom is 0.257 e. The molecule has 0 aromatic carbocycles. The van der Waals surface area contributed by atoms with Crippen molar-refractivity contribution < 1.29 is 13.2 Å². The summed E-state index contributed by atoms with van der Waals surface area (Å²) >= 11 is 0. The summed E-state index contributed by atoms with van der Waals surface area (Å²) in [7, 11) is -3.80. The summed E-state index contributed by atoms with van der Waals surface area (Å²) in [5.41, 5.74) is 0. The summed E-state index contributed by atoms with van der Waals surface area (Å²) in [6, 6.07) is 0. The molecule has 1 aliphatic heterocycles. The molecule has 2 rings (SSSR count). The van der Waals surface area contributed by atoms with Crippen molar-refractivity contribution in [2.24, 2.45) is 5.14 Å². The Kier molecular flexibility index (Phi) is 3.03. The van der Waals surface area contributed by atoms with Crippen molar-refractivity contribution >= 4 is 15.8 Å². The van der Waals surface area contributed by atoms with Gasteiger partial charge in [-0.3, -0.25) is 4.98 Å². The molecule has 1 saturated heterocycles. The van der Waals surface area contributed by atoms with Crippen LogP contribution in [0.2, 0.25) is 0 Å². The molecule has 0 unspecified atom stereocenters. The van der Waals surface area contributed by atoms with Gasteiger partial charge in [0.05, 0.1) is 25.6 Å². The smallest absolute Gasteiger partial charge is 0.257 e. The van der Waals surface area contributed by atoms with Crippen molar-refractivity contribution in [1.29, 1.82) is 0 Å². The average molecular weight is 244 g/mol. The van der Waals surface area contributed by atoms with Gasteiger partial charge in [0, 0.05) is 13.1 Å². The lowest BCUT2D eigenvalue weighted by molar-refractivity contribution is 0.122. The van der Waals surface area contributed by atoms with Crippen molar-refractivity contribution in [3.8, 4) is 0 Å². The summed E-state index contributed by atoms with van der Waals surface area (Å²) in [6.45, 7) is 2.54. The summed E-state index contributed by atoms with van der Waals surface area (Å²) < 4.78 is 27.4. The van der Waals surface area contributed by atoms with Gasteiger partial charge in [-0.15, -0.1) is 0 Å². The predicted octanol–water partition coefficient (Wildman–Crippen LogP) is -1.04. The van der Waals surface area contributed by atoms with Crippen LogP contribution >= 0.6 is 0 Å². The molecule has 2 heterocycles. The first-order chi connectivity index (χ1) is 7.57. The molecule has 16 heavy (non-hydrogen) atoms. The maximum absolute atomic E-state index is 11.1. The van der Waals surface area contributed by atoms with E-state index in [2.05, 4.69) is 9.97 Å². The molecule has 8 heteroatoms. The molecular formula is C8H12N4O3S. The molecule has 0 atom stereocenters. The Morgan fingerprint density at radius 2 is 2.00 bits per heavy atom. The molecule has 0 bridgehead atoms. The summed E-state index contributed by atoms with van der Waals surface area (Å²) in [5, 5.41) is 4.77. The number of aromatic nitrogens is 2. The quantitative estimate of drug-likeness (QED) is 0.713. The van der Waals surface area contributed by atoms with E-state index in [1.165, 1.54) is 6.20 Å².